The monoisotopic (exact) mass is 541 g/mol. The van der Waals surface area contributed by atoms with Gasteiger partial charge in [-0.15, -0.1) is 0 Å². The predicted molar refractivity (Wildman–Crippen MR) is 141 cm³/mol. The maximum absolute atomic E-state index is 13.2. The third-order valence-electron chi connectivity index (χ3n) is 5.60. The first kappa shape index (κ1) is 23.3. The summed E-state index contributed by atoms with van der Waals surface area (Å²) in [7, 11) is 0. The minimum atomic E-state index is -0.637. The summed E-state index contributed by atoms with van der Waals surface area (Å²) in [5.74, 6) is -0.688. The van der Waals surface area contributed by atoms with E-state index < -0.39 is 11.9 Å². The zero-order valence-electron chi connectivity index (χ0n) is 19.1. The highest BCUT2D eigenvalue weighted by molar-refractivity contribution is 9.10. The number of halogens is 1. The van der Waals surface area contributed by atoms with Crippen LogP contribution in [0, 0.1) is 6.92 Å². The highest BCUT2D eigenvalue weighted by Gasteiger charge is 2.20. The van der Waals surface area contributed by atoms with Crippen molar-refractivity contribution in [2.24, 2.45) is 5.10 Å². The number of ether oxygens (including phenoxy) is 1. The lowest BCUT2D eigenvalue weighted by atomic mass is 10.0. The maximum atomic E-state index is 13.2. The number of aromatic amines is 1. The zero-order chi connectivity index (χ0) is 25.1. The van der Waals surface area contributed by atoms with Crippen molar-refractivity contribution < 1.29 is 18.7 Å². The quantitative estimate of drug-likeness (QED) is 0.111. The van der Waals surface area contributed by atoms with E-state index in [-0.39, 0.29) is 11.5 Å². The van der Waals surface area contributed by atoms with E-state index in [1.165, 1.54) is 18.5 Å². The second-order valence-corrected chi connectivity index (χ2v) is 8.90. The van der Waals surface area contributed by atoms with Crippen LogP contribution < -0.4 is 10.2 Å². The lowest BCUT2D eigenvalue weighted by molar-refractivity contribution is 0.0700. The van der Waals surface area contributed by atoms with Crippen LogP contribution in [0.2, 0.25) is 0 Å². The fourth-order valence-electron chi connectivity index (χ4n) is 3.91. The topological polar surface area (TPSA) is 96.7 Å². The van der Waals surface area contributed by atoms with Crippen LogP contribution >= 0.6 is 15.9 Å². The summed E-state index contributed by atoms with van der Waals surface area (Å²) in [6, 6.07) is 23.9. The molecule has 2 aromatic heterocycles. The predicted octanol–water partition coefficient (Wildman–Crippen LogP) is 6.48. The van der Waals surface area contributed by atoms with Gasteiger partial charge in [0.15, 0.2) is 0 Å². The fourth-order valence-corrected chi connectivity index (χ4v) is 4.29. The van der Waals surface area contributed by atoms with Crippen LogP contribution in [0.15, 0.2) is 99.1 Å². The number of benzene rings is 3. The number of rotatable bonds is 6. The molecule has 8 heteroatoms. The molecular weight excluding hydrogens is 522 g/mol. The summed E-state index contributed by atoms with van der Waals surface area (Å²) in [4.78, 5) is 28.8. The van der Waals surface area contributed by atoms with Crippen LogP contribution in [-0.2, 0) is 0 Å². The Labute approximate surface area is 214 Å². The molecule has 0 radical (unpaired) electrons. The van der Waals surface area contributed by atoms with Crippen LogP contribution in [0.4, 0.5) is 0 Å². The molecule has 3 aromatic carbocycles. The van der Waals surface area contributed by atoms with Crippen LogP contribution in [0.3, 0.4) is 0 Å². The van der Waals surface area contributed by atoms with Crippen LogP contribution in [0.25, 0.3) is 22.0 Å². The molecule has 2 heterocycles. The van der Waals surface area contributed by atoms with Crippen LogP contribution in [-0.4, -0.2) is 23.1 Å². The van der Waals surface area contributed by atoms with Crippen molar-refractivity contribution in [3.63, 3.8) is 0 Å². The van der Waals surface area contributed by atoms with Gasteiger partial charge >= 0.3 is 5.97 Å². The average Bonchev–Trinajstić information content (AvgIpc) is 3.55. The number of carbonyl (C=O) groups is 2. The molecule has 2 N–H and O–H groups in total. The van der Waals surface area contributed by atoms with Gasteiger partial charge in [-0.25, -0.2) is 10.2 Å². The molecule has 36 heavy (non-hydrogen) atoms. The number of hydrazone groups is 1. The Balaban J connectivity index is 1.43. The minimum Gasteiger partial charge on any atom is -0.457 e. The highest BCUT2D eigenvalue weighted by Crippen LogP contribution is 2.33. The van der Waals surface area contributed by atoms with Gasteiger partial charge in [-0.3, -0.25) is 4.79 Å². The smallest absolute Gasteiger partial charge is 0.379 e. The molecule has 0 saturated heterocycles. The lowest BCUT2D eigenvalue weighted by Crippen LogP contribution is -2.19. The van der Waals surface area contributed by atoms with Crippen molar-refractivity contribution in [1.29, 1.82) is 0 Å². The summed E-state index contributed by atoms with van der Waals surface area (Å²) in [6.07, 6.45) is 2.81. The van der Waals surface area contributed by atoms with Crippen LogP contribution in [0.5, 0.6) is 5.75 Å². The number of hydrogen-bond donors (Lipinski definition) is 2. The van der Waals surface area contributed by atoms with Crippen LogP contribution in [0.1, 0.15) is 32.2 Å². The number of amides is 1. The second kappa shape index (κ2) is 10.1. The molecule has 0 aliphatic rings. The Morgan fingerprint density at radius 2 is 1.86 bits per heavy atom. The number of nitrogens with one attached hydrogen (secondary N) is 2. The van der Waals surface area contributed by atoms with Gasteiger partial charge in [-0.2, -0.15) is 5.10 Å². The van der Waals surface area contributed by atoms with E-state index in [2.05, 4.69) is 31.4 Å². The molecule has 5 rings (SSSR count). The Kier molecular flexibility index (Phi) is 6.51. The number of carbonyl (C=O) groups excluding carboxylic acids is 2. The molecule has 178 valence electrons. The Hall–Kier alpha value is -4.43. The van der Waals surface area contributed by atoms with Crippen molar-refractivity contribution >= 4 is 44.9 Å². The zero-order valence-corrected chi connectivity index (χ0v) is 20.7. The van der Waals surface area contributed by atoms with Gasteiger partial charge < -0.3 is 14.1 Å². The summed E-state index contributed by atoms with van der Waals surface area (Å²) in [6.45, 7) is 1.99. The third kappa shape index (κ3) is 4.71. The fraction of sp³-hybridized carbons (Fsp3) is 0.0357. The first-order chi connectivity index (χ1) is 17.5. The number of fused-ring (bicyclic) bond motifs is 1. The number of hydrogen-bond acceptors (Lipinski definition) is 5. The normalized spacial score (nSPS) is 11.2. The molecule has 0 aliphatic carbocycles. The molecule has 5 aromatic rings. The minimum absolute atomic E-state index is 0.0802. The average molecular weight is 542 g/mol. The summed E-state index contributed by atoms with van der Waals surface area (Å²) in [5.41, 5.74) is 7.13. The van der Waals surface area contributed by atoms with Gasteiger partial charge in [0.1, 0.15) is 11.4 Å². The van der Waals surface area contributed by atoms with Gasteiger partial charge in [-0.1, -0.05) is 64.5 Å². The number of H-pyrrole nitrogens is 1. The van der Waals surface area contributed by atoms with Crippen molar-refractivity contribution in [1.82, 2.24) is 10.4 Å². The van der Waals surface area contributed by atoms with E-state index in [4.69, 9.17) is 9.15 Å². The molecule has 0 unspecified atom stereocenters. The summed E-state index contributed by atoms with van der Waals surface area (Å²) >= 11 is 3.41. The Morgan fingerprint density at radius 3 is 2.64 bits per heavy atom. The standard InChI is InChI=1S/C28H20BrN3O4/c1-17-7-5-10-21-24(18-8-3-2-4-9-18)26(31-25(17)21)27(33)32-30-16-19-15-20(29)12-13-22(19)36-28(34)23-11-6-14-35-23/h2-16,31H,1H3,(H,32,33). The number of aromatic nitrogens is 1. The molecule has 0 spiro atoms. The Bertz CT molecular complexity index is 1590. The van der Waals surface area contributed by atoms with Crippen molar-refractivity contribution in [2.75, 3.05) is 0 Å². The SMILES string of the molecule is Cc1cccc2c(-c3ccccc3)c(C(=O)NN=Cc3cc(Br)ccc3OC(=O)c3ccco3)[nH]c12. The molecule has 7 nitrogen and oxygen atoms in total. The largest absolute Gasteiger partial charge is 0.457 e. The van der Waals surface area contributed by atoms with E-state index in [0.717, 1.165) is 32.1 Å². The van der Waals surface area contributed by atoms with Gasteiger partial charge in [0.2, 0.25) is 5.76 Å². The van der Waals surface area contributed by atoms with Gasteiger partial charge in [0.05, 0.1) is 12.5 Å². The molecule has 1 amide bonds. The van der Waals surface area contributed by atoms with Gasteiger partial charge in [-0.05, 0) is 48.4 Å². The lowest BCUT2D eigenvalue weighted by Gasteiger charge is -2.07. The molecule has 0 bridgehead atoms. The number of furan rings is 1. The second-order valence-electron chi connectivity index (χ2n) is 7.99. The first-order valence-corrected chi connectivity index (χ1v) is 11.9. The molecule has 0 saturated carbocycles. The van der Waals surface area contributed by atoms with E-state index >= 15 is 0 Å². The third-order valence-corrected chi connectivity index (χ3v) is 6.09. The van der Waals surface area contributed by atoms with E-state index in [9.17, 15) is 9.59 Å². The number of para-hydroxylation sites is 1. The first-order valence-electron chi connectivity index (χ1n) is 11.1. The molecule has 0 aliphatic heterocycles. The van der Waals surface area contributed by atoms with E-state index in [0.29, 0.717) is 11.3 Å². The number of aryl methyl sites for hydroxylation is 1. The van der Waals surface area contributed by atoms with Crippen molar-refractivity contribution in [2.45, 2.75) is 6.92 Å². The maximum Gasteiger partial charge on any atom is 0.379 e. The number of nitrogens with zero attached hydrogens (tertiary/aromatic N) is 1. The molecule has 0 atom stereocenters. The highest BCUT2D eigenvalue weighted by atomic mass is 79.9. The number of esters is 1. The summed E-state index contributed by atoms with van der Waals surface area (Å²) in [5, 5.41) is 5.09. The molecular formula is C28H20BrN3O4. The van der Waals surface area contributed by atoms with Crippen molar-refractivity contribution in [3.8, 4) is 16.9 Å². The Morgan fingerprint density at radius 1 is 1.03 bits per heavy atom. The van der Waals surface area contributed by atoms with Crippen molar-refractivity contribution in [3.05, 3.63) is 112 Å². The molecule has 0 fully saturated rings. The van der Waals surface area contributed by atoms with E-state index in [1.54, 1.807) is 24.3 Å². The summed E-state index contributed by atoms with van der Waals surface area (Å²) < 4.78 is 11.3. The van der Waals surface area contributed by atoms with Gasteiger partial charge in [0, 0.05) is 26.5 Å². The van der Waals surface area contributed by atoms with Gasteiger partial charge in [0.25, 0.3) is 5.91 Å². The van der Waals surface area contributed by atoms with E-state index in [1.807, 2.05) is 55.5 Å².